The Bertz CT molecular complexity index is 1040. The van der Waals surface area contributed by atoms with Crippen LogP contribution >= 0.6 is 8.25 Å². The summed E-state index contributed by atoms with van der Waals surface area (Å²) in [6, 6.07) is 0. The van der Waals surface area contributed by atoms with Gasteiger partial charge in [-0.3, -0.25) is 0 Å². The highest BCUT2D eigenvalue weighted by molar-refractivity contribution is 7.32. The van der Waals surface area contributed by atoms with Crippen molar-refractivity contribution in [3.63, 3.8) is 0 Å². The quantitative estimate of drug-likeness (QED) is 0.0725. The molecule has 2 N–H and O–H groups in total. The molecule has 0 spiro atoms. The Labute approximate surface area is 305 Å². The molecular formula is C40H73NO8P+. The number of allylic oxidation sites excluding steroid dienone is 1. The van der Waals surface area contributed by atoms with Gasteiger partial charge in [0.2, 0.25) is 0 Å². The number of amides is 1. The molecule has 9 nitrogen and oxygen atoms in total. The van der Waals surface area contributed by atoms with Gasteiger partial charge in [-0.05, 0) is 97.7 Å². The Kier molecular flexibility index (Phi) is 19.2. The summed E-state index contributed by atoms with van der Waals surface area (Å²) < 4.78 is 37.0. The Morgan fingerprint density at radius 1 is 0.900 bits per heavy atom. The van der Waals surface area contributed by atoms with Gasteiger partial charge in [0, 0.05) is 24.1 Å². The first-order valence-electron chi connectivity index (χ1n) is 20.1. The van der Waals surface area contributed by atoms with E-state index in [1.54, 1.807) is 5.57 Å². The second-order valence-corrected chi connectivity index (χ2v) is 17.2. The number of carbonyl (C=O) groups excluding carboxylic acids is 1. The zero-order chi connectivity index (χ0) is 36.6. The summed E-state index contributed by atoms with van der Waals surface area (Å²) >= 11 is 0. The van der Waals surface area contributed by atoms with E-state index in [4.69, 9.17) is 23.8 Å². The summed E-state index contributed by atoms with van der Waals surface area (Å²) in [5.74, 6) is 5.00. The molecule has 3 saturated carbocycles. The molecule has 8 unspecified atom stereocenters. The maximum absolute atomic E-state index is 12.6. The average Bonchev–Trinajstić information content (AvgIpc) is 3.42. The fraction of sp³-hybridized carbons (Fsp3) is 0.925. The van der Waals surface area contributed by atoms with Gasteiger partial charge < -0.3 is 24.3 Å². The normalized spacial score (nSPS) is 31.0. The predicted octanol–water partition coefficient (Wildman–Crippen LogP) is 9.65. The van der Waals surface area contributed by atoms with E-state index in [0.29, 0.717) is 51.4 Å². The van der Waals surface area contributed by atoms with Gasteiger partial charge in [-0.1, -0.05) is 85.8 Å². The van der Waals surface area contributed by atoms with Crippen LogP contribution in [0.2, 0.25) is 0 Å². The number of ether oxygens (including phenoxy) is 4. The van der Waals surface area contributed by atoms with Crippen LogP contribution < -0.4 is 5.32 Å². The highest BCUT2D eigenvalue weighted by Crippen LogP contribution is 2.67. The van der Waals surface area contributed by atoms with E-state index in [1.807, 2.05) is 0 Å². The molecule has 0 radical (unpaired) electrons. The molecular weight excluding hydrogens is 653 g/mol. The standard InChI is InChI=1S/C37H64NO8P.C3H8/c1-27(2)8-6-9-28(3)32-12-13-33-31-11-10-29-26-30(14-16-36(29,4)34(31)15-17-37(32,33)5)46-35(39)38-18-7-19-42-20-21-43-22-23-44-24-25-45-47(40)41;1-3-2/h10,27-28,30-34H,6-9,11-26H2,1-5H3,(H-,38,39,40,41);3H2,1-2H3/p+1/t28-,30?,31?,32?,33?,34?,36?,37?;/m1./s1. The number of hydrogen-bond donors (Lipinski definition) is 2. The van der Waals surface area contributed by atoms with Crippen molar-refractivity contribution >= 4 is 14.3 Å². The molecule has 0 aromatic rings. The zero-order valence-corrected chi connectivity index (χ0v) is 33.6. The van der Waals surface area contributed by atoms with E-state index in [-0.39, 0.29) is 30.8 Å². The number of alkyl carbamates (subject to hydrolysis) is 1. The van der Waals surface area contributed by atoms with Crippen molar-refractivity contribution in [2.24, 2.45) is 46.3 Å². The van der Waals surface area contributed by atoms with E-state index >= 15 is 0 Å². The number of rotatable bonds is 20. The minimum Gasteiger partial charge on any atom is -0.446 e. The predicted molar refractivity (Wildman–Crippen MR) is 200 cm³/mol. The van der Waals surface area contributed by atoms with Crippen molar-refractivity contribution in [3.8, 4) is 0 Å². The lowest BCUT2D eigenvalue weighted by Crippen LogP contribution is -2.51. The van der Waals surface area contributed by atoms with Crippen molar-refractivity contribution in [1.29, 1.82) is 0 Å². The average molecular weight is 727 g/mol. The summed E-state index contributed by atoms with van der Waals surface area (Å²) in [5.41, 5.74) is 2.32. The topological polar surface area (TPSA) is 113 Å². The fourth-order valence-corrected chi connectivity index (χ4v) is 10.3. The number of fused-ring (bicyclic) bond motifs is 5. The largest absolute Gasteiger partial charge is 0.694 e. The van der Waals surface area contributed by atoms with Gasteiger partial charge in [-0.15, -0.1) is 9.42 Å². The second kappa shape index (κ2) is 22.2. The third-order valence-electron chi connectivity index (χ3n) is 12.4. The molecule has 4 aliphatic rings. The van der Waals surface area contributed by atoms with E-state index in [9.17, 15) is 9.36 Å². The summed E-state index contributed by atoms with van der Waals surface area (Å²) in [7, 11) is -2.57. The van der Waals surface area contributed by atoms with Crippen LogP contribution in [0.5, 0.6) is 0 Å². The molecule has 0 aromatic carbocycles. The van der Waals surface area contributed by atoms with E-state index < -0.39 is 8.25 Å². The van der Waals surface area contributed by atoms with Gasteiger partial charge in [0.25, 0.3) is 0 Å². The summed E-state index contributed by atoms with van der Waals surface area (Å²) in [4.78, 5) is 21.1. The van der Waals surface area contributed by atoms with E-state index in [2.05, 4.69) is 64.4 Å². The third kappa shape index (κ3) is 12.8. The van der Waals surface area contributed by atoms with Gasteiger partial charge in [0.15, 0.2) is 0 Å². The lowest BCUT2D eigenvalue weighted by Gasteiger charge is -2.58. The van der Waals surface area contributed by atoms with Crippen LogP contribution in [0.15, 0.2) is 11.6 Å². The second-order valence-electron chi connectivity index (χ2n) is 16.5. The van der Waals surface area contributed by atoms with Gasteiger partial charge >= 0.3 is 14.3 Å². The first kappa shape index (κ1) is 43.3. The Balaban J connectivity index is 0.00000217. The molecule has 0 aromatic heterocycles. The Hall–Kier alpha value is -1.09. The molecule has 0 saturated heterocycles. The van der Waals surface area contributed by atoms with E-state index in [1.165, 1.54) is 57.8 Å². The van der Waals surface area contributed by atoms with Crippen molar-refractivity contribution < 1.29 is 37.7 Å². The van der Waals surface area contributed by atoms with Crippen molar-refractivity contribution in [3.05, 3.63) is 11.6 Å². The molecule has 3 fully saturated rings. The maximum atomic E-state index is 12.6. The Morgan fingerprint density at radius 2 is 1.56 bits per heavy atom. The molecule has 0 bridgehead atoms. The highest BCUT2D eigenvalue weighted by Gasteiger charge is 2.59. The Morgan fingerprint density at radius 3 is 2.22 bits per heavy atom. The maximum Gasteiger partial charge on any atom is 0.694 e. The van der Waals surface area contributed by atoms with Gasteiger partial charge in [-0.2, -0.15) is 0 Å². The minimum absolute atomic E-state index is 0.0358. The first-order valence-corrected chi connectivity index (χ1v) is 21.2. The van der Waals surface area contributed by atoms with Crippen LogP contribution in [0.25, 0.3) is 0 Å². The lowest BCUT2D eigenvalue weighted by atomic mass is 9.47. The van der Waals surface area contributed by atoms with Crippen LogP contribution in [0.1, 0.15) is 132 Å². The first-order chi connectivity index (χ1) is 24.0. The third-order valence-corrected chi connectivity index (χ3v) is 12.8. The smallest absolute Gasteiger partial charge is 0.446 e. The molecule has 4 rings (SSSR count). The fourth-order valence-electron chi connectivity index (χ4n) is 10.0. The molecule has 1 amide bonds. The summed E-state index contributed by atoms with van der Waals surface area (Å²) in [6.45, 7) is 19.8. The molecule has 9 atom stereocenters. The number of hydrogen-bond acceptors (Lipinski definition) is 7. The highest BCUT2D eigenvalue weighted by atomic mass is 31.1. The van der Waals surface area contributed by atoms with Crippen LogP contribution in [-0.2, 0) is 28.0 Å². The van der Waals surface area contributed by atoms with Gasteiger partial charge in [-0.25, -0.2) is 4.79 Å². The minimum atomic E-state index is -2.57. The number of nitrogens with one attached hydrogen (secondary N) is 1. The van der Waals surface area contributed by atoms with Gasteiger partial charge in [0.05, 0.1) is 33.0 Å². The van der Waals surface area contributed by atoms with Crippen LogP contribution in [-0.4, -0.2) is 69.9 Å². The van der Waals surface area contributed by atoms with Crippen LogP contribution in [0.3, 0.4) is 0 Å². The molecule has 0 heterocycles. The SMILES string of the molecule is CC(C)CCC[C@@H](C)C1CCC2C3CC=C4CC(OC(=O)NCCCOCCOCCOCCO[P+](=O)O)CCC4(C)C3CCC21C.CCC. The molecule has 0 aliphatic heterocycles. The molecule has 290 valence electrons. The van der Waals surface area contributed by atoms with Gasteiger partial charge in [0.1, 0.15) is 12.7 Å². The lowest BCUT2D eigenvalue weighted by molar-refractivity contribution is -0.0581. The molecule has 4 aliphatic carbocycles. The summed E-state index contributed by atoms with van der Waals surface area (Å²) in [5, 5.41) is 2.91. The molecule has 10 heteroatoms. The number of carbonyl (C=O) groups is 1. The van der Waals surface area contributed by atoms with Crippen LogP contribution in [0, 0.1) is 46.3 Å². The zero-order valence-electron chi connectivity index (χ0n) is 32.7. The van der Waals surface area contributed by atoms with Crippen molar-refractivity contribution in [2.45, 2.75) is 138 Å². The van der Waals surface area contributed by atoms with Crippen LogP contribution in [0.4, 0.5) is 4.79 Å². The van der Waals surface area contributed by atoms with E-state index in [0.717, 1.165) is 54.8 Å². The van der Waals surface area contributed by atoms with Crippen molar-refractivity contribution in [1.82, 2.24) is 5.32 Å². The van der Waals surface area contributed by atoms with Crippen molar-refractivity contribution in [2.75, 3.05) is 52.8 Å². The monoisotopic (exact) mass is 727 g/mol. The summed E-state index contributed by atoms with van der Waals surface area (Å²) in [6.07, 6.45) is 18.1. The molecule has 50 heavy (non-hydrogen) atoms.